The molecule has 3 nitrogen and oxygen atoms in total. The number of aryl methyl sites for hydroxylation is 1. The molecule has 118 valence electrons. The summed E-state index contributed by atoms with van der Waals surface area (Å²) in [5.41, 5.74) is 9.56. The van der Waals surface area contributed by atoms with Crippen LogP contribution in [0.15, 0.2) is 48.5 Å². The van der Waals surface area contributed by atoms with Crippen LogP contribution in [0, 0.1) is 6.92 Å². The maximum Gasteiger partial charge on any atom is 0.225 e. The van der Waals surface area contributed by atoms with Gasteiger partial charge in [-0.05, 0) is 37.0 Å². The molecule has 0 aromatic heterocycles. The Bertz CT molecular complexity index is 611. The molecule has 3 N–H and O–H groups in total. The molecule has 0 fully saturated rings. The number of nitrogens with one attached hydrogen (secondary N) is 1. The molecular weight excluding hydrogens is 296 g/mol. The van der Waals surface area contributed by atoms with Crippen LogP contribution in [-0.4, -0.2) is 5.91 Å². The van der Waals surface area contributed by atoms with Gasteiger partial charge in [-0.25, -0.2) is 0 Å². The topological polar surface area (TPSA) is 55.1 Å². The molecule has 0 saturated heterocycles. The highest BCUT2D eigenvalue weighted by Gasteiger charge is 2.15. The van der Waals surface area contributed by atoms with Crippen LogP contribution < -0.4 is 11.1 Å². The Morgan fingerprint density at radius 1 is 1.14 bits per heavy atom. The Labute approximate surface area is 138 Å². The minimum atomic E-state index is 0. The zero-order valence-corrected chi connectivity index (χ0v) is 13.8. The number of rotatable bonds is 5. The second-order valence-electron chi connectivity index (χ2n) is 5.36. The fourth-order valence-corrected chi connectivity index (χ4v) is 2.37. The van der Waals surface area contributed by atoms with Crippen molar-refractivity contribution in [3.05, 3.63) is 59.7 Å². The number of carbonyl (C=O) groups excluding carboxylic acids is 1. The number of nitrogen functional groups attached to an aromatic ring is 1. The molecule has 22 heavy (non-hydrogen) atoms. The molecule has 2 aromatic carbocycles. The molecular formula is C18H23ClN2O. The Morgan fingerprint density at radius 3 is 2.36 bits per heavy atom. The maximum absolute atomic E-state index is 12.2. The van der Waals surface area contributed by atoms with Crippen molar-refractivity contribution in [2.45, 2.75) is 32.6 Å². The fraction of sp³-hybridized carbons (Fsp3) is 0.278. The van der Waals surface area contributed by atoms with Gasteiger partial charge in [0.25, 0.3) is 0 Å². The molecule has 0 aliphatic rings. The third-order valence-electron chi connectivity index (χ3n) is 3.71. The van der Waals surface area contributed by atoms with Gasteiger partial charge < -0.3 is 11.1 Å². The van der Waals surface area contributed by atoms with E-state index in [4.69, 9.17) is 5.73 Å². The van der Waals surface area contributed by atoms with Gasteiger partial charge in [0.2, 0.25) is 5.91 Å². The number of benzene rings is 2. The standard InChI is InChI=1S/C18H22N2O.ClH/c1-3-14(15-10-8-13(2)9-11-15)12-18(21)20-17-7-5-4-6-16(17)19;/h4-11,14H,3,12,19H2,1-2H3,(H,20,21);1H. The summed E-state index contributed by atoms with van der Waals surface area (Å²) in [5, 5.41) is 2.89. The Kier molecular flexibility index (Phi) is 6.93. The van der Waals surface area contributed by atoms with Gasteiger partial charge in [-0.3, -0.25) is 4.79 Å². The first kappa shape index (κ1) is 18.1. The summed E-state index contributed by atoms with van der Waals surface area (Å²) < 4.78 is 0. The molecule has 1 unspecified atom stereocenters. The van der Waals surface area contributed by atoms with E-state index in [1.807, 2.05) is 18.2 Å². The van der Waals surface area contributed by atoms with Gasteiger partial charge in [0.1, 0.15) is 0 Å². The van der Waals surface area contributed by atoms with E-state index < -0.39 is 0 Å². The molecule has 4 heteroatoms. The maximum atomic E-state index is 12.2. The molecule has 1 atom stereocenters. The van der Waals surface area contributed by atoms with E-state index in [-0.39, 0.29) is 24.2 Å². The number of nitrogens with two attached hydrogens (primary N) is 1. The van der Waals surface area contributed by atoms with E-state index >= 15 is 0 Å². The molecule has 0 saturated carbocycles. The summed E-state index contributed by atoms with van der Waals surface area (Å²) in [6.07, 6.45) is 1.40. The van der Waals surface area contributed by atoms with Crippen LogP contribution in [0.5, 0.6) is 0 Å². The highest BCUT2D eigenvalue weighted by atomic mass is 35.5. The highest BCUT2D eigenvalue weighted by Crippen LogP contribution is 2.25. The van der Waals surface area contributed by atoms with Crippen LogP contribution in [0.25, 0.3) is 0 Å². The van der Waals surface area contributed by atoms with Crippen molar-refractivity contribution in [3.63, 3.8) is 0 Å². The predicted molar refractivity (Wildman–Crippen MR) is 95.6 cm³/mol. The second-order valence-corrected chi connectivity index (χ2v) is 5.36. The van der Waals surface area contributed by atoms with Crippen LogP contribution >= 0.6 is 12.4 Å². The lowest BCUT2D eigenvalue weighted by Gasteiger charge is -2.16. The minimum Gasteiger partial charge on any atom is -0.397 e. The van der Waals surface area contributed by atoms with Gasteiger partial charge >= 0.3 is 0 Å². The van der Waals surface area contributed by atoms with Crippen molar-refractivity contribution < 1.29 is 4.79 Å². The first-order chi connectivity index (χ1) is 10.1. The van der Waals surface area contributed by atoms with Crippen LogP contribution in [0.3, 0.4) is 0 Å². The monoisotopic (exact) mass is 318 g/mol. The summed E-state index contributed by atoms with van der Waals surface area (Å²) in [5.74, 6) is 0.232. The lowest BCUT2D eigenvalue weighted by Crippen LogP contribution is -2.16. The van der Waals surface area contributed by atoms with Gasteiger partial charge in [-0.1, -0.05) is 48.9 Å². The smallest absolute Gasteiger partial charge is 0.225 e. The number of para-hydroxylation sites is 2. The number of amides is 1. The van der Waals surface area contributed by atoms with E-state index in [1.165, 1.54) is 11.1 Å². The zero-order chi connectivity index (χ0) is 15.2. The number of anilines is 2. The van der Waals surface area contributed by atoms with E-state index in [0.717, 1.165) is 6.42 Å². The first-order valence-electron chi connectivity index (χ1n) is 7.31. The van der Waals surface area contributed by atoms with Crippen molar-refractivity contribution in [2.75, 3.05) is 11.1 Å². The summed E-state index contributed by atoms with van der Waals surface area (Å²) in [7, 11) is 0. The summed E-state index contributed by atoms with van der Waals surface area (Å²) in [6, 6.07) is 15.7. The molecule has 0 bridgehead atoms. The lowest BCUT2D eigenvalue weighted by atomic mass is 9.92. The average molecular weight is 319 g/mol. The molecule has 2 aromatic rings. The van der Waals surface area contributed by atoms with Crippen molar-refractivity contribution in [3.8, 4) is 0 Å². The molecule has 2 rings (SSSR count). The van der Waals surface area contributed by atoms with Crippen LogP contribution in [0.2, 0.25) is 0 Å². The number of hydrogen-bond acceptors (Lipinski definition) is 2. The van der Waals surface area contributed by atoms with Gasteiger partial charge in [0, 0.05) is 6.42 Å². The molecule has 0 heterocycles. The van der Waals surface area contributed by atoms with E-state index in [9.17, 15) is 4.79 Å². The second kappa shape index (κ2) is 8.44. The number of halogens is 1. The van der Waals surface area contributed by atoms with Gasteiger partial charge in [0.05, 0.1) is 11.4 Å². The predicted octanol–water partition coefficient (Wildman–Crippen LogP) is 4.52. The molecule has 1 amide bonds. The third-order valence-corrected chi connectivity index (χ3v) is 3.71. The molecule has 0 aliphatic heterocycles. The number of carbonyl (C=O) groups is 1. The van der Waals surface area contributed by atoms with Crippen LogP contribution in [0.4, 0.5) is 11.4 Å². The van der Waals surface area contributed by atoms with E-state index in [1.54, 1.807) is 6.07 Å². The van der Waals surface area contributed by atoms with E-state index in [2.05, 4.69) is 43.4 Å². The average Bonchev–Trinajstić information content (AvgIpc) is 2.48. The summed E-state index contributed by atoms with van der Waals surface area (Å²) in [4.78, 5) is 12.2. The van der Waals surface area contributed by atoms with Crippen molar-refractivity contribution in [1.29, 1.82) is 0 Å². The highest BCUT2D eigenvalue weighted by molar-refractivity contribution is 5.94. The normalized spacial score (nSPS) is 11.4. The van der Waals surface area contributed by atoms with Gasteiger partial charge in [0.15, 0.2) is 0 Å². The van der Waals surface area contributed by atoms with Crippen LogP contribution in [-0.2, 0) is 4.79 Å². The fourth-order valence-electron chi connectivity index (χ4n) is 2.37. The third kappa shape index (κ3) is 4.78. The number of hydrogen-bond donors (Lipinski definition) is 2. The lowest BCUT2D eigenvalue weighted by molar-refractivity contribution is -0.116. The quantitative estimate of drug-likeness (QED) is 0.796. The molecule has 0 spiro atoms. The van der Waals surface area contributed by atoms with Gasteiger partial charge in [-0.15, -0.1) is 12.4 Å². The SMILES string of the molecule is CCC(CC(=O)Nc1ccccc1N)c1ccc(C)cc1.Cl. The van der Waals surface area contributed by atoms with Crippen molar-refractivity contribution in [2.24, 2.45) is 0 Å². The molecule has 0 radical (unpaired) electrons. The minimum absolute atomic E-state index is 0. The Hall–Kier alpha value is -2.00. The van der Waals surface area contributed by atoms with Crippen molar-refractivity contribution in [1.82, 2.24) is 0 Å². The van der Waals surface area contributed by atoms with Gasteiger partial charge in [-0.2, -0.15) is 0 Å². The Morgan fingerprint density at radius 2 is 1.77 bits per heavy atom. The Balaban J connectivity index is 0.00000242. The zero-order valence-electron chi connectivity index (χ0n) is 13.0. The summed E-state index contributed by atoms with van der Waals surface area (Å²) >= 11 is 0. The van der Waals surface area contributed by atoms with Crippen LogP contribution in [0.1, 0.15) is 36.8 Å². The van der Waals surface area contributed by atoms with E-state index in [0.29, 0.717) is 17.8 Å². The molecule has 0 aliphatic carbocycles. The largest absolute Gasteiger partial charge is 0.397 e. The first-order valence-corrected chi connectivity index (χ1v) is 7.31. The summed E-state index contributed by atoms with van der Waals surface area (Å²) in [6.45, 7) is 4.17. The van der Waals surface area contributed by atoms with Crippen molar-refractivity contribution >= 4 is 29.7 Å².